The second-order valence-corrected chi connectivity index (χ2v) is 4.99. The lowest BCUT2D eigenvalue weighted by atomic mass is 10.0. The predicted molar refractivity (Wildman–Crippen MR) is 85.7 cm³/mol. The van der Waals surface area contributed by atoms with Gasteiger partial charge in [-0.1, -0.05) is 30.3 Å². The summed E-state index contributed by atoms with van der Waals surface area (Å²) in [4.78, 5) is 13.6. The number of hydrogen-bond donors (Lipinski definition) is 2. The third kappa shape index (κ3) is 3.16. The molecule has 4 nitrogen and oxygen atoms in total. The van der Waals surface area contributed by atoms with Crippen LogP contribution >= 0.6 is 0 Å². The summed E-state index contributed by atoms with van der Waals surface area (Å²) in [5.74, 6) is -0.982. The molecule has 0 amide bonds. The van der Waals surface area contributed by atoms with Crippen molar-refractivity contribution in [3.05, 3.63) is 59.2 Å². The molecule has 0 atom stereocenters. The molecule has 4 heteroatoms. The second kappa shape index (κ2) is 6.31. The van der Waals surface area contributed by atoms with Gasteiger partial charge in [-0.3, -0.25) is 0 Å². The van der Waals surface area contributed by atoms with Crippen LogP contribution in [0.4, 0.5) is 11.4 Å². The van der Waals surface area contributed by atoms with Crippen molar-refractivity contribution < 1.29 is 9.90 Å². The maximum Gasteiger partial charge on any atom is 0.338 e. The molecule has 2 aromatic rings. The Morgan fingerprint density at radius 1 is 1.19 bits per heavy atom. The first-order valence-electron chi connectivity index (χ1n) is 6.95. The zero-order chi connectivity index (χ0) is 15.4. The van der Waals surface area contributed by atoms with E-state index in [0.29, 0.717) is 12.2 Å². The summed E-state index contributed by atoms with van der Waals surface area (Å²) in [6.07, 6.45) is 0. The molecule has 21 heavy (non-hydrogen) atoms. The van der Waals surface area contributed by atoms with Gasteiger partial charge >= 0.3 is 5.97 Å². The summed E-state index contributed by atoms with van der Waals surface area (Å²) in [6, 6.07) is 13.3. The van der Waals surface area contributed by atoms with Crippen LogP contribution in [-0.4, -0.2) is 17.6 Å². The summed E-state index contributed by atoms with van der Waals surface area (Å²) in [5, 5.41) is 9.36. The number of carboxylic acids is 1. The highest BCUT2D eigenvalue weighted by Gasteiger charge is 2.16. The SMILES string of the molecule is CCN(Cc1cccc(N)c1C(=O)O)c1ccccc1C. The zero-order valence-electron chi connectivity index (χ0n) is 12.3. The molecule has 110 valence electrons. The van der Waals surface area contributed by atoms with E-state index < -0.39 is 5.97 Å². The lowest BCUT2D eigenvalue weighted by Gasteiger charge is -2.26. The monoisotopic (exact) mass is 284 g/mol. The van der Waals surface area contributed by atoms with Gasteiger partial charge in [-0.05, 0) is 37.1 Å². The number of aromatic carboxylic acids is 1. The van der Waals surface area contributed by atoms with Crippen molar-refractivity contribution in [2.75, 3.05) is 17.2 Å². The van der Waals surface area contributed by atoms with Gasteiger partial charge in [0, 0.05) is 24.5 Å². The van der Waals surface area contributed by atoms with Crippen LogP contribution in [0.3, 0.4) is 0 Å². The average molecular weight is 284 g/mol. The molecule has 2 rings (SSSR count). The van der Waals surface area contributed by atoms with Crippen molar-refractivity contribution in [3.63, 3.8) is 0 Å². The Kier molecular flexibility index (Phi) is 4.48. The molecule has 0 saturated carbocycles. The molecule has 3 N–H and O–H groups in total. The van der Waals surface area contributed by atoms with E-state index in [1.807, 2.05) is 24.3 Å². The molecule has 0 radical (unpaired) electrons. The van der Waals surface area contributed by atoms with Crippen LogP contribution in [0.2, 0.25) is 0 Å². The first-order chi connectivity index (χ1) is 10.0. The molecule has 0 saturated heterocycles. The number of hydrogen-bond acceptors (Lipinski definition) is 3. The van der Waals surface area contributed by atoms with Gasteiger partial charge in [0.05, 0.1) is 5.56 Å². The minimum atomic E-state index is -0.982. The number of carboxylic acid groups (broad SMARTS) is 1. The quantitative estimate of drug-likeness (QED) is 0.827. The Bertz CT molecular complexity index is 653. The van der Waals surface area contributed by atoms with Crippen molar-refractivity contribution in [1.29, 1.82) is 0 Å². The second-order valence-electron chi connectivity index (χ2n) is 4.99. The normalized spacial score (nSPS) is 10.4. The number of para-hydroxylation sites is 1. The standard InChI is InChI=1S/C17H20N2O2/c1-3-19(15-10-5-4-7-12(15)2)11-13-8-6-9-14(18)16(13)17(20)21/h4-10H,3,11,18H2,1-2H3,(H,20,21). The van der Waals surface area contributed by atoms with Crippen molar-refractivity contribution in [2.24, 2.45) is 0 Å². The molecule has 0 aliphatic heterocycles. The average Bonchev–Trinajstić information content (AvgIpc) is 2.45. The van der Waals surface area contributed by atoms with Crippen LogP contribution in [0.5, 0.6) is 0 Å². The lowest BCUT2D eigenvalue weighted by molar-refractivity contribution is 0.0697. The van der Waals surface area contributed by atoms with Gasteiger partial charge in [0.1, 0.15) is 0 Å². The highest BCUT2D eigenvalue weighted by molar-refractivity contribution is 5.95. The fourth-order valence-electron chi connectivity index (χ4n) is 2.50. The Morgan fingerprint density at radius 3 is 2.52 bits per heavy atom. The highest BCUT2D eigenvalue weighted by atomic mass is 16.4. The summed E-state index contributed by atoms with van der Waals surface area (Å²) in [7, 11) is 0. The summed E-state index contributed by atoms with van der Waals surface area (Å²) in [5.41, 5.74) is 9.32. The van der Waals surface area contributed by atoms with Crippen molar-refractivity contribution in [3.8, 4) is 0 Å². The number of rotatable bonds is 5. The van der Waals surface area contributed by atoms with Crippen LogP contribution in [0, 0.1) is 6.92 Å². The van der Waals surface area contributed by atoms with Crippen LogP contribution in [-0.2, 0) is 6.54 Å². The van der Waals surface area contributed by atoms with Gasteiger partial charge in [0.25, 0.3) is 0 Å². The maximum atomic E-state index is 11.4. The van der Waals surface area contributed by atoms with E-state index in [1.165, 1.54) is 5.56 Å². The minimum absolute atomic E-state index is 0.199. The molecule has 0 unspecified atom stereocenters. The minimum Gasteiger partial charge on any atom is -0.478 e. The Hall–Kier alpha value is -2.49. The van der Waals surface area contributed by atoms with E-state index in [0.717, 1.165) is 17.8 Å². The summed E-state index contributed by atoms with van der Waals surface area (Å²) in [6.45, 7) is 5.42. The first kappa shape index (κ1) is 14.9. The van der Waals surface area contributed by atoms with Crippen molar-refractivity contribution in [1.82, 2.24) is 0 Å². The summed E-state index contributed by atoms with van der Waals surface area (Å²) < 4.78 is 0. The van der Waals surface area contributed by atoms with Gasteiger partial charge in [0.15, 0.2) is 0 Å². The largest absolute Gasteiger partial charge is 0.478 e. The van der Waals surface area contributed by atoms with E-state index in [-0.39, 0.29) is 5.56 Å². The van der Waals surface area contributed by atoms with E-state index in [2.05, 4.69) is 24.8 Å². The Morgan fingerprint density at radius 2 is 1.90 bits per heavy atom. The van der Waals surface area contributed by atoms with Crippen LogP contribution in [0.15, 0.2) is 42.5 Å². The fraction of sp³-hybridized carbons (Fsp3) is 0.235. The Labute approximate surface area is 124 Å². The summed E-state index contributed by atoms with van der Waals surface area (Å²) >= 11 is 0. The van der Waals surface area contributed by atoms with E-state index >= 15 is 0 Å². The molecule has 0 fully saturated rings. The molecule has 0 aliphatic carbocycles. The zero-order valence-corrected chi connectivity index (χ0v) is 12.3. The number of aryl methyl sites for hydroxylation is 1. The maximum absolute atomic E-state index is 11.4. The van der Waals surface area contributed by atoms with E-state index in [4.69, 9.17) is 5.73 Å². The number of benzene rings is 2. The topological polar surface area (TPSA) is 66.6 Å². The van der Waals surface area contributed by atoms with E-state index in [1.54, 1.807) is 12.1 Å². The fourth-order valence-corrected chi connectivity index (χ4v) is 2.50. The van der Waals surface area contributed by atoms with Gasteiger partial charge < -0.3 is 15.7 Å². The van der Waals surface area contributed by atoms with Gasteiger partial charge in [-0.2, -0.15) is 0 Å². The molecular weight excluding hydrogens is 264 g/mol. The number of anilines is 2. The van der Waals surface area contributed by atoms with Crippen molar-refractivity contribution in [2.45, 2.75) is 20.4 Å². The molecule has 0 aromatic heterocycles. The van der Waals surface area contributed by atoms with Gasteiger partial charge in [-0.25, -0.2) is 4.79 Å². The van der Waals surface area contributed by atoms with Gasteiger partial charge in [0.2, 0.25) is 0 Å². The van der Waals surface area contributed by atoms with Gasteiger partial charge in [-0.15, -0.1) is 0 Å². The van der Waals surface area contributed by atoms with Crippen LogP contribution in [0.25, 0.3) is 0 Å². The third-order valence-electron chi connectivity index (χ3n) is 3.60. The van der Waals surface area contributed by atoms with E-state index in [9.17, 15) is 9.90 Å². The number of nitrogen functional groups attached to an aromatic ring is 1. The molecule has 0 spiro atoms. The van der Waals surface area contributed by atoms with Crippen LogP contribution < -0.4 is 10.6 Å². The molecule has 0 bridgehead atoms. The smallest absolute Gasteiger partial charge is 0.338 e. The lowest BCUT2D eigenvalue weighted by Crippen LogP contribution is -2.24. The number of carbonyl (C=O) groups is 1. The van der Waals surface area contributed by atoms with Crippen molar-refractivity contribution >= 4 is 17.3 Å². The van der Waals surface area contributed by atoms with Crippen LogP contribution in [0.1, 0.15) is 28.4 Å². The third-order valence-corrected chi connectivity index (χ3v) is 3.60. The predicted octanol–water partition coefficient (Wildman–Crippen LogP) is 3.30. The highest BCUT2D eigenvalue weighted by Crippen LogP contribution is 2.24. The molecule has 0 heterocycles. The number of nitrogens with zero attached hydrogens (tertiary/aromatic N) is 1. The first-order valence-corrected chi connectivity index (χ1v) is 6.95. The molecular formula is C17H20N2O2. The molecule has 0 aliphatic rings. The molecule has 2 aromatic carbocycles. The Balaban J connectivity index is 2.38. The number of nitrogens with two attached hydrogens (primary N) is 1.